The lowest BCUT2D eigenvalue weighted by molar-refractivity contribution is -0.384. The smallest absolute Gasteiger partial charge is 0.425 e. The van der Waals surface area contributed by atoms with Crippen LogP contribution in [0.5, 0.6) is 0 Å². The van der Waals surface area contributed by atoms with Gasteiger partial charge in [0.05, 0.1) is 29.8 Å². The molecule has 4 aliphatic heterocycles. The molecule has 19 nitrogen and oxygen atoms in total. The lowest BCUT2D eigenvalue weighted by atomic mass is 9.63. The maximum atomic E-state index is 14.6. The molecule has 0 radical (unpaired) electrons. The van der Waals surface area contributed by atoms with Crippen LogP contribution in [-0.4, -0.2) is 141 Å². The zero-order valence-corrected chi connectivity index (χ0v) is 37.0. The lowest BCUT2D eigenvalue weighted by Crippen LogP contribution is -2.75. The Morgan fingerprint density at radius 3 is 2.37 bits per heavy atom. The summed E-state index contributed by atoms with van der Waals surface area (Å²) in [7, 11) is 3.07. The zero-order valence-electron chi connectivity index (χ0n) is 37.0. The van der Waals surface area contributed by atoms with Gasteiger partial charge in [0.2, 0.25) is 0 Å². The highest BCUT2D eigenvalue weighted by molar-refractivity contribution is 6.00. The second-order valence-corrected chi connectivity index (χ2v) is 17.7. The van der Waals surface area contributed by atoms with Gasteiger partial charge in [0, 0.05) is 67.9 Å². The molecule has 4 aliphatic rings. The number of nitro groups is 1. The number of hydrazine groups is 3. The second kappa shape index (κ2) is 19.2. The number of hydrogen-bond donors (Lipinski definition) is 5. The number of halogens is 1. The van der Waals surface area contributed by atoms with Crippen LogP contribution in [0.4, 0.5) is 14.9 Å². The predicted octanol–water partition coefficient (Wildman–Crippen LogP) is 2.48. The number of rotatable bonds is 12. The van der Waals surface area contributed by atoms with Crippen molar-refractivity contribution in [2.24, 2.45) is 29.5 Å². The molecule has 0 unspecified atom stereocenters. The van der Waals surface area contributed by atoms with Gasteiger partial charge >= 0.3 is 12.1 Å². The van der Waals surface area contributed by atoms with Gasteiger partial charge < -0.3 is 34.6 Å². The Bertz CT molecular complexity index is 1860. The molecule has 0 saturated carbocycles. The largest absolute Gasteiger partial charge is 0.458 e. The lowest BCUT2D eigenvalue weighted by Gasteiger charge is -2.58. The predicted molar refractivity (Wildman–Crippen MR) is 221 cm³/mol. The van der Waals surface area contributed by atoms with Crippen LogP contribution in [0.2, 0.25) is 0 Å². The SMILES string of the molecule is CC[C@H]1OC(=O)[C@H](C)C(=O)[C@H](C)[C@@H](O)[C@@](OC)([C@]2(O)CO[C@H](C)C[C@@H]2N(C)CCC2=CN([C@H](CF)Cc3ccc([N+](=O)[O-])cc3)NN2)C[C@@H](C)C(=O)[C@H](C)[C@H]2N(N)C(=O)O[C@]12C. The number of nitrogens with two attached hydrogens (primary N) is 1. The molecular weight excluding hydrogens is 813 g/mol. The summed E-state index contributed by atoms with van der Waals surface area (Å²) in [6.07, 6.45) is -1.71. The number of carbonyl (C=O) groups excluding carboxylic acids is 4. The normalized spacial score (nSPS) is 36.7. The molecule has 13 atom stereocenters. The van der Waals surface area contributed by atoms with E-state index in [0.717, 1.165) is 5.01 Å². The molecule has 346 valence electrons. The monoisotopic (exact) mass is 877 g/mol. The maximum Gasteiger partial charge on any atom is 0.425 e. The van der Waals surface area contributed by atoms with E-state index in [0.29, 0.717) is 24.2 Å². The van der Waals surface area contributed by atoms with Gasteiger partial charge in [-0.15, -0.1) is 5.53 Å². The van der Waals surface area contributed by atoms with Crippen LogP contribution in [0.25, 0.3) is 0 Å². The van der Waals surface area contributed by atoms with Gasteiger partial charge in [0.1, 0.15) is 41.7 Å². The molecule has 62 heavy (non-hydrogen) atoms. The number of cyclic esters (lactones) is 1. The summed E-state index contributed by atoms with van der Waals surface area (Å²) in [4.78, 5) is 68.0. The summed E-state index contributed by atoms with van der Waals surface area (Å²) in [6, 6.07) is 3.38. The first kappa shape index (κ1) is 48.7. The summed E-state index contributed by atoms with van der Waals surface area (Å²) in [5.74, 6) is -0.516. The van der Waals surface area contributed by atoms with Crippen molar-refractivity contribution in [1.29, 1.82) is 0 Å². The number of non-ortho nitro benzene ring substituents is 1. The maximum absolute atomic E-state index is 14.6. The van der Waals surface area contributed by atoms with Crippen LogP contribution in [0, 0.1) is 33.8 Å². The number of fused-ring (bicyclic) bond motifs is 1. The van der Waals surface area contributed by atoms with Crippen LogP contribution in [0.1, 0.15) is 79.7 Å². The molecule has 1 amide bonds. The molecule has 20 heteroatoms. The number of ether oxygens (including phenoxy) is 4. The molecule has 0 aromatic heterocycles. The third kappa shape index (κ3) is 9.05. The van der Waals surface area contributed by atoms with Crippen molar-refractivity contribution in [3.8, 4) is 0 Å². The van der Waals surface area contributed by atoms with E-state index in [-0.39, 0.29) is 44.1 Å². The Balaban J connectivity index is 1.46. The van der Waals surface area contributed by atoms with Crippen molar-refractivity contribution in [3.05, 3.63) is 51.8 Å². The summed E-state index contributed by atoms with van der Waals surface area (Å²) in [5.41, 5.74) is 1.64. The number of Topliss-reactive ketones (excluding diaryl/α,β-unsaturated/α-hetero) is 2. The fourth-order valence-corrected chi connectivity index (χ4v) is 9.99. The van der Waals surface area contributed by atoms with Gasteiger partial charge in [-0.25, -0.2) is 20.0 Å². The van der Waals surface area contributed by atoms with Crippen molar-refractivity contribution in [3.63, 3.8) is 0 Å². The molecule has 3 saturated heterocycles. The number of nitro benzene ring substituents is 1. The van der Waals surface area contributed by atoms with E-state index in [2.05, 4.69) is 11.0 Å². The first-order valence-corrected chi connectivity index (χ1v) is 21.2. The number of hydrogen-bond acceptors (Lipinski definition) is 17. The molecule has 1 aromatic rings. The Labute approximate surface area is 361 Å². The summed E-state index contributed by atoms with van der Waals surface area (Å²) >= 11 is 0. The number of carbonyl (C=O) groups is 4. The Hall–Kier alpha value is -4.31. The Morgan fingerprint density at radius 1 is 1.11 bits per heavy atom. The highest BCUT2D eigenvalue weighted by Crippen LogP contribution is 2.47. The number of amides is 1. The van der Waals surface area contributed by atoms with Gasteiger partial charge in [0.25, 0.3) is 5.69 Å². The van der Waals surface area contributed by atoms with E-state index in [1.165, 1.54) is 40.0 Å². The minimum absolute atomic E-state index is 0.0621. The van der Waals surface area contributed by atoms with E-state index >= 15 is 0 Å². The third-order valence-corrected chi connectivity index (χ3v) is 13.8. The van der Waals surface area contributed by atoms with E-state index in [9.17, 15) is 43.9 Å². The number of benzene rings is 1. The van der Waals surface area contributed by atoms with Crippen molar-refractivity contribution in [2.75, 3.05) is 34.0 Å². The van der Waals surface area contributed by atoms with Gasteiger partial charge in [0.15, 0.2) is 11.4 Å². The Morgan fingerprint density at radius 2 is 1.77 bits per heavy atom. The first-order valence-electron chi connectivity index (χ1n) is 21.2. The van der Waals surface area contributed by atoms with Gasteiger partial charge in [-0.1, -0.05) is 39.8 Å². The summed E-state index contributed by atoms with van der Waals surface area (Å²) in [5, 5.41) is 39.2. The minimum Gasteiger partial charge on any atom is -0.458 e. The van der Waals surface area contributed by atoms with Crippen molar-refractivity contribution >= 4 is 29.3 Å². The quantitative estimate of drug-likeness (QED) is 0.0505. The average Bonchev–Trinajstić information content (AvgIpc) is 3.82. The molecule has 0 aliphatic carbocycles. The van der Waals surface area contributed by atoms with E-state index in [4.69, 9.17) is 24.8 Å². The van der Waals surface area contributed by atoms with Crippen LogP contribution in [0.3, 0.4) is 0 Å². The molecule has 0 bridgehead atoms. The number of ketones is 2. The number of alkyl halides is 1. The van der Waals surface area contributed by atoms with Crippen molar-refractivity contribution in [2.45, 2.75) is 134 Å². The van der Waals surface area contributed by atoms with E-state index in [1.54, 1.807) is 51.2 Å². The molecule has 0 spiro atoms. The fourth-order valence-electron chi connectivity index (χ4n) is 9.99. The van der Waals surface area contributed by atoms with Crippen LogP contribution in [-0.2, 0) is 39.8 Å². The number of aliphatic hydroxyl groups is 2. The number of nitrogens with one attached hydrogen (secondary N) is 2. The number of methoxy groups -OCH3 is 1. The average molecular weight is 878 g/mol. The van der Waals surface area contributed by atoms with Crippen LogP contribution in [0.15, 0.2) is 36.2 Å². The molecule has 1 aromatic carbocycles. The van der Waals surface area contributed by atoms with Crippen LogP contribution >= 0.6 is 0 Å². The van der Waals surface area contributed by atoms with Crippen molar-refractivity contribution in [1.82, 2.24) is 25.9 Å². The number of likely N-dealkylation sites (N-methyl/N-ethyl adjacent to an activating group) is 1. The van der Waals surface area contributed by atoms with Crippen LogP contribution < -0.4 is 16.8 Å². The minimum atomic E-state index is -2.09. The highest BCUT2D eigenvalue weighted by atomic mass is 19.1. The fraction of sp³-hybridized carbons (Fsp3) is 0.714. The first-order chi connectivity index (χ1) is 29.1. The number of esters is 1. The highest BCUT2D eigenvalue weighted by Gasteiger charge is 2.65. The molecular formula is C42H64FN7O12. The number of aliphatic hydroxyl groups excluding tert-OH is 1. The molecule has 5 rings (SSSR count). The van der Waals surface area contributed by atoms with Gasteiger partial charge in [-0.3, -0.25) is 34.4 Å². The standard InChI is InChI=1S/C42H64FN7O12/c1-10-33-40(7)36(49(44)39(55)62-40)25(4)34(51)23(2)19-42(59-9,37(53)26(5)35(52)27(6)38(54)61-33)41(56)22-60-24(3)17-32(41)47(8)16-15-29-21-48(46-45-29)31(20-43)18-28-11-13-30(14-12-28)50(57)58/h11-14,21,23-27,31-33,36-37,45-46,53,56H,10,15-20,22,44H2,1-9H3/t23-,24-,25+,26+,27-,31+,32+,33-,36-,37-,40-,41+,42-/m1/s1. The third-order valence-electron chi connectivity index (χ3n) is 13.8. The zero-order chi connectivity index (χ0) is 46.1. The van der Waals surface area contributed by atoms with E-state index in [1.807, 2.05) is 11.8 Å². The van der Waals surface area contributed by atoms with Gasteiger partial charge in [-0.05, 0) is 59.1 Å². The molecule has 3 fully saturated rings. The molecule has 4 heterocycles. The summed E-state index contributed by atoms with van der Waals surface area (Å²) in [6.45, 7) is 10.3. The van der Waals surface area contributed by atoms with Gasteiger partial charge in [-0.2, -0.15) is 0 Å². The topological polar surface area (TPSA) is 249 Å². The second-order valence-electron chi connectivity index (χ2n) is 17.7. The molecule has 6 N–H and O–H groups in total. The Kier molecular flexibility index (Phi) is 15.1. The van der Waals surface area contributed by atoms with Crippen molar-refractivity contribution < 1.29 is 57.7 Å². The van der Waals surface area contributed by atoms with E-state index < -0.39 is 106 Å². The number of nitrogens with zero attached hydrogens (tertiary/aromatic N) is 4. The summed E-state index contributed by atoms with van der Waals surface area (Å²) < 4.78 is 38.3.